The van der Waals surface area contributed by atoms with Gasteiger partial charge in [0.25, 0.3) is 0 Å². The number of phenolic OH excluding ortho intramolecular Hbond substituents is 2. The number of nitrogens with one attached hydrogen (secondary N) is 2. The SMILES string of the molecule is CC1(C)CN(c2ccccc2NC(=O)Nc2ccc(O)cc2)c2c(O)ccc(C3=NC(C(C)(C)C)CO3)c21. The molecule has 0 saturated heterocycles. The van der Waals surface area contributed by atoms with E-state index in [1.165, 1.54) is 12.1 Å². The number of hydrogen-bond acceptors (Lipinski definition) is 6. The molecule has 0 saturated carbocycles. The number of fused-ring (bicyclic) bond motifs is 1. The van der Waals surface area contributed by atoms with Crippen molar-refractivity contribution in [1.29, 1.82) is 0 Å². The van der Waals surface area contributed by atoms with Crippen LogP contribution in [0.1, 0.15) is 45.7 Å². The molecule has 2 amide bonds. The van der Waals surface area contributed by atoms with Gasteiger partial charge in [0.1, 0.15) is 18.1 Å². The van der Waals surface area contributed by atoms with Crippen LogP contribution in [0.15, 0.2) is 65.7 Å². The van der Waals surface area contributed by atoms with E-state index in [0.717, 1.165) is 16.8 Å². The number of carbonyl (C=O) groups excluding carboxylic acids is 1. The molecule has 4 N–H and O–H groups in total. The van der Waals surface area contributed by atoms with Crippen molar-refractivity contribution in [2.24, 2.45) is 10.4 Å². The number of rotatable bonds is 4. The number of ether oxygens (including phenoxy) is 1. The normalized spacial score (nSPS) is 18.0. The molecule has 1 unspecified atom stereocenters. The number of amides is 2. The minimum absolute atomic E-state index is 0.0191. The van der Waals surface area contributed by atoms with Crippen molar-refractivity contribution < 1.29 is 19.7 Å². The topological polar surface area (TPSA) is 106 Å². The van der Waals surface area contributed by atoms with E-state index in [1.54, 1.807) is 18.2 Å². The van der Waals surface area contributed by atoms with Crippen LogP contribution in [-0.4, -0.2) is 41.3 Å². The molecule has 0 fully saturated rings. The van der Waals surface area contributed by atoms with Gasteiger partial charge in [0.15, 0.2) is 0 Å². The molecule has 1 atom stereocenters. The lowest BCUT2D eigenvalue weighted by atomic mass is 9.83. The average Bonchev–Trinajstić information content (AvgIpc) is 3.45. The molecule has 0 spiro atoms. The van der Waals surface area contributed by atoms with Gasteiger partial charge in [-0.25, -0.2) is 9.79 Å². The lowest BCUT2D eigenvalue weighted by Gasteiger charge is -2.25. The number of para-hydroxylation sites is 2. The second kappa shape index (κ2) is 9.28. The third-order valence-corrected chi connectivity index (χ3v) is 7.11. The summed E-state index contributed by atoms with van der Waals surface area (Å²) in [4.78, 5) is 19.8. The van der Waals surface area contributed by atoms with Gasteiger partial charge in [-0.3, -0.25) is 0 Å². The molecule has 2 aliphatic rings. The smallest absolute Gasteiger partial charge is 0.323 e. The molecule has 198 valence electrons. The maximum Gasteiger partial charge on any atom is 0.323 e. The first-order valence-corrected chi connectivity index (χ1v) is 12.7. The Kier molecular flexibility index (Phi) is 6.21. The Hall–Kier alpha value is -4.20. The maximum absolute atomic E-state index is 12.8. The second-order valence-electron chi connectivity index (χ2n) is 11.6. The maximum atomic E-state index is 12.8. The minimum Gasteiger partial charge on any atom is -0.508 e. The molecule has 5 rings (SSSR count). The highest BCUT2D eigenvalue weighted by molar-refractivity contribution is 6.04. The van der Waals surface area contributed by atoms with E-state index in [9.17, 15) is 15.0 Å². The predicted octanol–water partition coefficient (Wildman–Crippen LogP) is 6.36. The molecule has 8 nitrogen and oxygen atoms in total. The number of nitrogens with zero attached hydrogens (tertiary/aromatic N) is 2. The first-order chi connectivity index (χ1) is 17.9. The number of hydrogen-bond donors (Lipinski definition) is 4. The molecular weight excluding hydrogens is 480 g/mol. The standard InChI is InChI=1S/C30H34N4O4/c1-29(2,3)24-16-38-27(33-24)20-14-15-23(36)26-25(20)30(4,5)17-34(26)22-9-7-6-8-21(22)32-28(37)31-18-10-12-19(35)13-11-18/h6-15,24,35-36H,16-17H2,1-5H3,(H2,31,32,37). The van der Waals surface area contributed by atoms with Gasteiger partial charge in [-0.1, -0.05) is 46.8 Å². The Labute approximate surface area is 223 Å². The fourth-order valence-electron chi connectivity index (χ4n) is 5.08. The third-order valence-electron chi connectivity index (χ3n) is 7.11. The van der Waals surface area contributed by atoms with Crippen molar-refractivity contribution in [2.75, 3.05) is 28.7 Å². The molecule has 0 aromatic heterocycles. The van der Waals surface area contributed by atoms with Crippen LogP contribution >= 0.6 is 0 Å². The number of benzene rings is 3. The van der Waals surface area contributed by atoms with Crippen LogP contribution in [0.5, 0.6) is 11.5 Å². The summed E-state index contributed by atoms with van der Waals surface area (Å²) in [6, 6.07) is 17.0. The quantitative estimate of drug-likeness (QED) is 0.303. The summed E-state index contributed by atoms with van der Waals surface area (Å²) in [5, 5.41) is 26.3. The van der Waals surface area contributed by atoms with Gasteiger partial charge in [0, 0.05) is 23.2 Å². The first kappa shape index (κ1) is 25.4. The van der Waals surface area contributed by atoms with Gasteiger partial charge in [-0.15, -0.1) is 0 Å². The van der Waals surface area contributed by atoms with Crippen LogP contribution in [0.3, 0.4) is 0 Å². The number of aromatic hydroxyl groups is 2. The van der Waals surface area contributed by atoms with E-state index in [0.29, 0.717) is 36.1 Å². The van der Waals surface area contributed by atoms with Crippen LogP contribution in [0.2, 0.25) is 0 Å². The fraction of sp³-hybridized carbons (Fsp3) is 0.333. The van der Waals surface area contributed by atoms with Crippen LogP contribution in [-0.2, 0) is 10.2 Å². The van der Waals surface area contributed by atoms with E-state index in [-0.39, 0.29) is 28.4 Å². The largest absolute Gasteiger partial charge is 0.508 e. The van der Waals surface area contributed by atoms with Crippen LogP contribution in [0.25, 0.3) is 0 Å². The Morgan fingerprint density at radius 2 is 1.74 bits per heavy atom. The van der Waals surface area contributed by atoms with Gasteiger partial charge in [0.05, 0.1) is 23.1 Å². The number of urea groups is 1. The average molecular weight is 515 g/mol. The van der Waals surface area contributed by atoms with Crippen molar-refractivity contribution in [3.8, 4) is 11.5 Å². The summed E-state index contributed by atoms with van der Waals surface area (Å²) in [7, 11) is 0. The Morgan fingerprint density at radius 3 is 2.42 bits per heavy atom. The lowest BCUT2D eigenvalue weighted by molar-refractivity contribution is 0.235. The molecule has 0 aliphatic carbocycles. The highest BCUT2D eigenvalue weighted by Crippen LogP contribution is 2.52. The first-order valence-electron chi connectivity index (χ1n) is 12.7. The summed E-state index contributed by atoms with van der Waals surface area (Å²) in [5.41, 5.74) is 4.09. The molecule has 2 aliphatic heterocycles. The number of carbonyl (C=O) groups is 1. The number of phenols is 2. The van der Waals surface area contributed by atoms with Crippen LogP contribution in [0.4, 0.5) is 27.5 Å². The minimum atomic E-state index is -0.415. The zero-order valence-electron chi connectivity index (χ0n) is 22.4. The highest BCUT2D eigenvalue weighted by Gasteiger charge is 2.43. The molecule has 8 heteroatoms. The van der Waals surface area contributed by atoms with Crippen molar-refractivity contribution in [1.82, 2.24) is 0 Å². The molecular formula is C30H34N4O4. The number of aliphatic imine (C=N–C) groups is 1. The van der Waals surface area contributed by atoms with Crippen LogP contribution in [0, 0.1) is 5.41 Å². The zero-order chi connectivity index (χ0) is 27.2. The van der Waals surface area contributed by atoms with E-state index >= 15 is 0 Å². The molecule has 38 heavy (non-hydrogen) atoms. The summed E-state index contributed by atoms with van der Waals surface area (Å²) in [6.07, 6.45) is 0. The Balaban J connectivity index is 1.50. The fourth-order valence-corrected chi connectivity index (χ4v) is 5.08. The van der Waals surface area contributed by atoms with E-state index in [1.807, 2.05) is 35.2 Å². The van der Waals surface area contributed by atoms with E-state index in [4.69, 9.17) is 9.73 Å². The molecule has 3 aromatic carbocycles. The van der Waals surface area contributed by atoms with E-state index in [2.05, 4.69) is 45.3 Å². The Bertz CT molecular complexity index is 1410. The molecule has 0 bridgehead atoms. The second-order valence-corrected chi connectivity index (χ2v) is 11.6. The van der Waals surface area contributed by atoms with Gasteiger partial charge in [-0.05, 0) is 59.5 Å². The Morgan fingerprint density at radius 1 is 1.03 bits per heavy atom. The van der Waals surface area contributed by atoms with Crippen molar-refractivity contribution >= 4 is 34.7 Å². The van der Waals surface area contributed by atoms with Gasteiger partial charge in [-0.2, -0.15) is 0 Å². The molecule has 2 heterocycles. The summed E-state index contributed by atoms with van der Waals surface area (Å²) >= 11 is 0. The van der Waals surface area contributed by atoms with Gasteiger partial charge < -0.3 is 30.5 Å². The van der Waals surface area contributed by atoms with Crippen molar-refractivity contribution in [2.45, 2.75) is 46.1 Å². The summed E-state index contributed by atoms with van der Waals surface area (Å²) < 4.78 is 6.09. The summed E-state index contributed by atoms with van der Waals surface area (Å²) in [5.74, 6) is 0.887. The predicted molar refractivity (Wildman–Crippen MR) is 151 cm³/mol. The number of anilines is 4. The van der Waals surface area contributed by atoms with Gasteiger partial charge in [0.2, 0.25) is 5.90 Å². The zero-order valence-corrected chi connectivity index (χ0v) is 22.4. The lowest BCUT2D eigenvalue weighted by Crippen LogP contribution is -2.27. The third kappa shape index (κ3) is 4.74. The van der Waals surface area contributed by atoms with Crippen molar-refractivity contribution in [3.05, 3.63) is 71.8 Å². The monoisotopic (exact) mass is 514 g/mol. The van der Waals surface area contributed by atoms with Crippen LogP contribution < -0.4 is 15.5 Å². The van der Waals surface area contributed by atoms with Crippen molar-refractivity contribution in [3.63, 3.8) is 0 Å². The summed E-state index contributed by atoms with van der Waals surface area (Å²) in [6.45, 7) is 11.9. The molecule has 0 radical (unpaired) electrons. The molecule has 3 aromatic rings. The van der Waals surface area contributed by atoms with E-state index < -0.39 is 6.03 Å². The highest BCUT2D eigenvalue weighted by atomic mass is 16.5. The van der Waals surface area contributed by atoms with Gasteiger partial charge >= 0.3 is 6.03 Å².